The van der Waals surface area contributed by atoms with E-state index in [9.17, 15) is 0 Å². The molecule has 0 aliphatic carbocycles. The molecule has 0 saturated heterocycles. The number of hydrogen-bond acceptors (Lipinski definition) is 4. The van der Waals surface area contributed by atoms with E-state index >= 15 is 0 Å². The van der Waals surface area contributed by atoms with Crippen LogP contribution < -0.4 is 10.5 Å². The van der Waals surface area contributed by atoms with Crippen molar-refractivity contribution in [1.82, 2.24) is 9.97 Å². The molecule has 1 aromatic heterocycles. The molecule has 1 rings (SSSR count). The van der Waals surface area contributed by atoms with Crippen molar-refractivity contribution in [3.05, 3.63) is 11.2 Å². The van der Waals surface area contributed by atoms with E-state index in [4.69, 9.17) is 22.1 Å². The van der Waals surface area contributed by atoms with Crippen LogP contribution in [-0.2, 0) is 0 Å². The van der Waals surface area contributed by atoms with Gasteiger partial charge in [-0.1, -0.05) is 18.5 Å². The average molecular weight is 216 g/mol. The number of ether oxygens (including phenoxy) is 1. The number of aromatic nitrogens is 2. The molecular formula is C9H14ClN3O. The third kappa shape index (κ3) is 3.03. The molecule has 0 aliphatic rings. The van der Waals surface area contributed by atoms with Gasteiger partial charge in [-0.05, 0) is 20.3 Å². The Morgan fingerprint density at radius 1 is 1.50 bits per heavy atom. The Labute approximate surface area is 88.5 Å². The molecule has 0 unspecified atom stereocenters. The van der Waals surface area contributed by atoms with Crippen molar-refractivity contribution >= 4 is 17.5 Å². The van der Waals surface area contributed by atoms with Crippen LogP contribution in [0.5, 0.6) is 5.88 Å². The number of halogens is 1. The summed E-state index contributed by atoms with van der Waals surface area (Å²) in [6.45, 7) is 5.98. The highest BCUT2D eigenvalue weighted by atomic mass is 35.5. The highest BCUT2D eigenvalue weighted by Gasteiger charge is 2.18. The zero-order valence-electron chi connectivity index (χ0n) is 8.54. The fraction of sp³-hybridized carbons (Fsp3) is 0.556. The van der Waals surface area contributed by atoms with Crippen molar-refractivity contribution in [2.24, 2.45) is 0 Å². The van der Waals surface area contributed by atoms with Gasteiger partial charge in [0.25, 0.3) is 0 Å². The molecule has 0 fully saturated rings. The number of rotatable bonds is 3. The molecular weight excluding hydrogens is 202 g/mol. The summed E-state index contributed by atoms with van der Waals surface area (Å²) in [5.41, 5.74) is 5.16. The van der Waals surface area contributed by atoms with E-state index in [0.29, 0.717) is 11.0 Å². The molecule has 0 bridgehead atoms. The van der Waals surface area contributed by atoms with Crippen LogP contribution in [-0.4, -0.2) is 15.6 Å². The van der Waals surface area contributed by atoms with Crippen LogP contribution in [0.2, 0.25) is 5.15 Å². The number of nitrogens with two attached hydrogens (primary N) is 1. The van der Waals surface area contributed by atoms with Crippen LogP contribution in [0.4, 0.5) is 5.95 Å². The lowest BCUT2D eigenvalue weighted by atomic mass is 10.1. The topological polar surface area (TPSA) is 61.0 Å². The second-order valence-electron chi connectivity index (χ2n) is 3.60. The van der Waals surface area contributed by atoms with Crippen LogP contribution in [0.3, 0.4) is 0 Å². The first-order valence-corrected chi connectivity index (χ1v) is 4.80. The Kier molecular flexibility index (Phi) is 3.16. The lowest BCUT2D eigenvalue weighted by molar-refractivity contribution is 0.0991. The molecule has 0 aliphatic heterocycles. The van der Waals surface area contributed by atoms with E-state index in [2.05, 4.69) is 9.97 Å². The minimum absolute atomic E-state index is 0.124. The summed E-state index contributed by atoms with van der Waals surface area (Å²) in [7, 11) is 0. The maximum Gasteiger partial charge on any atom is 0.224 e. The van der Waals surface area contributed by atoms with E-state index in [1.807, 2.05) is 20.8 Å². The van der Waals surface area contributed by atoms with Crippen LogP contribution in [0, 0.1) is 0 Å². The van der Waals surface area contributed by atoms with Crippen molar-refractivity contribution in [3.8, 4) is 5.88 Å². The summed E-state index contributed by atoms with van der Waals surface area (Å²) in [5.74, 6) is 0.536. The van der Waals surface area contributed by atoms with Gasteiger partial charge in [-0.25, -0.2) is 4.98 Å². The third-order valence-electron chi connectivity index (χ3n) is 1.92. The first kappa shape index (κ1) is 11.0. The van der Waals surface area contributed by atoms with Gasteiger partial charge >= 0.3 is 0 Å². The van der Waals surface area contributed by atoms with Crippen molar-refractivity contribution in [2.75, 3.05) is 5.73 Å². The molecule has 0 saturated carbocycles. The zero-order valence-corrected chi connectivity index (χ0v) is 9.30. The Morgan fingerprint density at radius 2 is 2.14 bits per heavy atom. The van der Waals surface area contributed by atoms with Crippen molar-refractivity contribution in [2.45, 2.75) is 32.8 Å². The van der Waals surface area contributed by atoms with Crippen LogP contribution in [0.15, 0.2) is 6.07 Å². The van der Waals surface area contributed by atoms with E-state index in [-0.39, 0.29) is 11.5 Å². The van der Waals surface area contributed by atoms with Gasteiger partial charge in [-0.15, -0.1) is 0 Å². The lowest BCUT2D eigenvalue weighted by Crippen LogP contribution is -2.27. The Bertz CT molecular complexity index is 308. The third-order valence-corrected chi connectivity index (χ3v) is 2.11. The summed E-state index contributed by atoms with van der Waals surface area (Å²) < 4.78 is 5.60. The molecule has 0 amide bonds. The summed E-state index contributed by atoms with van der Waals surface area (Å²) in [4.78, 5) is 7.67. The molecule has 4 nitrogen and oxygen atoms in total. The second kappa shape index (κ2) is 4.00. The van der Waals surface area contributed by atoms with Gasteiger partial charge in [0.1, 0.15) is 10.8 Å². The summed E-state index contributed by atoms with van der Waals surface area (Å²) in [5, 5.41) is 0.291. The number of hydrogen-bond donors (Lipinski definition) is 1. The SMILES string of the molecule is CCC(C)(C)Oc1cc(Cl)nc(N)n1. The van der Waals surface area contributed by atoms with Gasteiger partial charge in [0.15, 0.2) is 0 Å². The molecule has 78 valence electrons. The summed E-state index contributed by atoms with van der Waals surface area (Å²) in [6, 6.07) is 1.55. The van der Waals surface area contributed by atoms with Crippen molar-refractivity contribution in [3.63, 3.8) is 0 Å². The minimum Gasteiger partial charge on any atom is -0.471 e. The molecule has 2 N–H and O–H groups in total. The number of nitrogen functional groups attached to an aromatic ring is 1. The maximum absolute atomic E-state index is 5.71. The second-order valence-corrected chi connectivity index (χ2v) is 3.99. The molecule has 0 radical (unpaired) electrons. The quantitative estimate of drug-likeness (QED) is 0.786. The molecule has 5 heteroatoms. The van der Waals surface area contributed by atoms with Crippen LogP contribution >= 0.6 is 11.6 Å². The van der Waals surface area contributed by atoms with Crippen molar-refractivity contribution in [1.29, 1.82) is 0 Å². The van der Waals surface area contributed by atoms with Gasteiger partial charge in [-0.2, -0.15) is 4.98 Å². The van der Waals surface area contributed by atoms with Crippen molar-refractivity contribution < 1.29 is 4.74 Å². The monoisotopic (exact) mass is 215 g/mol. The Morgan fingerprint density at radius 3 is 2.64 bits per heavy atom. The average Bonchev–Trinajstić information content (AvgIpc) is 2.01. The van der Waals surface area contributed by atoms with Gasteiger partial charge in [0, 0.05) is 6.07 Å². The highest BCUT2D eigenvalue weighted by Crippen LogP contribution is 2.21. The normalized spacial score (nSPS) is 11.4. The largest absolute Gasteiger partial charge is 0.471 e. The Hall–Kier alpha value is -1.03. The molecule has 0 atom stereocenters. The standard InChI is InChI=1S/C9H14ClN3O/c1-4-9(2,3)14-7-5-6(10)12-8(11)13-7/h5H,4H2,1-3H3,(H2,11,12,13). The van der Waals surface area contributed by atoms with Gasteiger partial charge in [-0.3, -0.25) is 0 Å². The smallest absolute Gasteiger partial charge is 0.224 e. The Balaban J connectivity index is 2.87. The van der Waals surface area contributed by atoms with Gasteiger partial charge < -0.3 is 10.5 Å². The zero-order chi connectivity index (χ0) is 10.8. The fourth-order valence-corrected chi connectivity index (χ4v) is 1.00. The maximum atomic E-state index is 5.71. The minimum atomic E-state index is -0.274. The van der Waals surface area contributed by atoms with E-state index in [0.717, 1.165) is 6.42 Å². The molecule has 1 aromatic rings. The number of anilines is 1. The van der Waals surface area contributed by atoms with E-state index in [1.54, 1.807) is 6.07 Å². The molecule has 1 heterocycles. The predicted molar refractivity (Wildman–Crippen MR) is 56.5 cm³/mol. The van der Waals surface area contributed by atoms with Gasteiger partial charge in [0.05, 0.1) is 0 Å². The van der Waals surface area contributed by atoms with E-state index < -0.39 is 0 Å². The number of nitrogens with zero attached hydrogens (tertiary/aromatic N) is 2. The molecule has 0 spiro atoms. The predicted octanol–water partition coefficient (Wildman–Crippen LogP) is 2.28. The molecule has 0 aromatic carbocycles. The van der Waals surface area contributed by atoms with E-state index in [1.165, 1.54) is 0 Å². The first-order chi connectivity index (χ1) is 6.43. The van der Waals surface area contributed by atoms with Crippen LogP contribution in [0.25, 0.3) is 0 Å². The summed E-state index contributed by atoms with van der Waals surface area (Å²) in [6.07, 6.45) is 0.870. The first-order valence-electron chi connectivity index (χ1n) is 4.42. The lowest BCUT2D eigenvalue weighted by Gasteiger charge is -2.23. The van der Waals surface area contributed by atoms with Gasteiger partial charge in [0.2, 0.25) is 11.8 Å². The summed E-state index contributed by atoms with van der Waals surface area (Å²) >= 11 is 5.71. The van der Waals surface area contributed by atoms with Crippen LogP contribution in [0.1, 0.15) is 27.2 Å². The highest BCUT2D eigenvalue weighted by molar-refractivity contribution is 6.29. The fourth-order valence-electron chi connectivity index (χ4n) is 0.821. The molecule has 14 heavy (non-hydrogen) atoms.